The average molecular weight is 283 g/mol. The van der Waals surface area contributed by atoms with E-state index in [0.717, 1.165) is 25.8 Å². The lowest BCUT2D eigenvalue weighted by molar-refractivity contribution is 0.251. The fourth-order valence-corrected chi connectivity index (χ4v) is 2.41. The van der Waals surface area contributed by atoms with Gasteiger partial charge in [-0.2, -0.15) is 0 Å². The number of benzene rings is 1. The molecule has 20 heavy (non-hydrogen) atoms. The smallest absolute Gasteiger partial charge is 0.129 e. The number of hydrogen-bond acceptors (Lipinski definition) is 1. The van der Waals surface area contributed by atoms with Crippen LogP contribution in [0.25, 0.3) is 0 Å². The van der Waals surface area contributed by atoms with Crippen LogP contribution in [0.5, 0.6) is 0 Å². The van der Waals surface area contributed by atoms with Crippen LogP contribution < -0.4 is 5.32 Å². The molecule has 0 heterocycles. The fourth-order valence-electron chi connectivity index (χ4n) is 2.41. The number of halogens is 2. The molecular weight excluding hydrogens is 256 g/mol. The third-order valence-corrected chi connectivity index (χ3v) is 3.67. The van der Waals surface area contributed by atoms with Crippen molar-refractivity contribution in [3.8, 4) is 0 Å². The van der Waals surface area contributed by atoms with E-state index >= 15 is 0 Å². The Morgan fingerprint density at radius 2 is 1.75 bits per heavy atom. The minimum atomic E-state index is -0.432. The second-order valence-corrected chi connectivity index (χ2v) is 6.47. The first-order valence-corrected chi connectivity index (χ1v) is 7.52. The average Bonchev–Trinajstić information content (AvgIpc) is 2.35. The van der Waals surface area contributed by atoms with Gasteiger partial charge in [0.05, 0.1) is 0 Å². The molecule has 0 amide bonds. The van der Waals surface area contributed by atoms with Gasteiger partial charge >= 0.3 is 0 Å². The molecule has 0 fully saturated rings. The largest absolute Gasteiger partial charge is 0.313 e. The summed E-state index contributed by atoms with van der Waals surface area (Å²) in [6.07, 6.45) is 3.27. The van der Waals surface area contributed by atoms with E-state index in [4.69, 9.17) is 0 Å². The highest BCUT2D eigenvalue weighted by Crippen LogP contribution is 2.24. The molecular formula is C17H27F2N. The Hall–Kier alpha value is -0.960. The Kier molecular flexibility index (Phi) is 6.60. The van der Waals surface area contributed by atoms with Gasteiger partial charge < -0.3 is 5.32 Å². The predicted molar refractivity (Wildman–Crippen MR) is 80.8 cm³/mol. The standard InChI is InChI=1S/C17H27F2N/c1-5-12-20-16(17(2,3)4)11-6-8-13-14(18)9-7-10-15(13)19/h7,9-10,16,20H,5-6,8,11-12H2,1-4H3. The van der Waals surface area contributed by atoms with Crippen molar-refractivity contribution in [1.82, 2.24) is 5.32 Å². The maximum absolute atomic E-state index is 13.6. The maximum Gasteiger partial charge on any atom is 0.129 e. The second-order valence-electron chi connectivity index (χ2n) is 6.47. The molecule has 0 spiro atoms. The molecule has 1 nitrogen and oxygen atoms in total. The summed E-state index contributed by atoms with van der Waals surface area (Å²) in [7, 11) is 0. The van der Waals surface area contributed by atoms with Crippen molar-refractivity contribution < 1.29 is 8.78 Å². The first-order valence-electron chi connectivity index (χ1n) is 7.52. The van der Waals surface area contributed by atoms with Gasteiger partial charge in [-0.25, -0.2) is 8.78 Å². The SMILES string of the molecule is CCCNC(CCCc1c(F)cccc1F)C(C)(C)C. The van der Waals surface area contributed by atoms with Gasteiger partial charge in [0.25, 0.3) is 0 Å². The molecule has 1 N–H and O–H groups in total. The maximum atomic E-state index is 13.6. The van der Waals surface area contributed by atoms with E-state index in [1.807, 2.05) is 0 Å². The predicted octanol–water partition coefficient (Wildman–Crippen LogP) is 4.70. The summed E-state index contributed by atoms with van der Waals surface area (Å²) in [5.41, 5.74) is 0.374. The van der Waals surface area contributed by atoms with E-state index < -0.39 is 11.6 Å². The van der Waals surface area contributed by atoms with E-state index in [9.17, 15) is 8.78 Å². The van der Waals surface area contributed by atoms with Crippen molar-refractivity contribution in [2.45, 2.75) is 59.4 Å². The normalized spacial score (nSPS) is 13.5. The molecule has 0 saturated heterocycles. The van der Waals surface area contributed by atoms with Gasteiger partial charge in [0, 0.05) is 11.6 Å². The molecule has 0 saturated carbocycles. The summed E-state index contributed by atoms with van der Waals surface area (Å²) in [4.78, 5) is 0. The molecule has 3 heteroatoms. The minimum absolute atomic E-state index is 0.156. The van der Waals surface area contributed by atoms with Crippen LogP contribution in [-0.2, 0) is 6.42 Å². The van der Waals surface area contributed by atoms with Gasteiger partial charge in [0.1, 0.15) is 11.6 Å². The minimum Gasteiger partial charge on any atom is -0.313 e. The van der Waals surface area contributed by atoms with E-state index in [-0.39, 0.29) is 11.0 Å². The Labute approximate surface area is 121 Å². The lowest BCUT2D eigenvalue weighted by Gasteiger charge is -2.32. The van der Waals surface area contributed by atoms with Gasteiger partial charge in [-0.3, -0.25) is 0 Å². The number of rotatable bonds is 7. The van der Waals surface area contributed by atoms with Crippen LogP contribution in [0.2, 0.25) is 0 Å². The topological polar surface area (TPSA) is 12.0 Å². The third kappa shape index (κ3) is 5.20. The summed E-state index contributed by atoms with van der Waals surface area (Å²) in [5, 5.41) is 3.54. The summed E-state index contributed by atoms with van der Waals surface area (Å²) < 4.78 is 27.1. The molecule has 0 radical (unpaired) electrons. The molecule has 0 aliphatic heterocycles. The molecule has 1 atom stereocenters. The van der Waals surface area contributed by atoms with Gasteiger partial charge in [0.2, 0.25) is 0 Å². The second kappa shape index (κ2) is 7.72. The Balaban J connectivity index is 2.56. The van der Waals surface area contributed by atoms with E-state index in [2.05, 4.69) is 33.0 Å². The lowest BCUT2D eigenvalue weighted by atomic mass is 9.83. The van der Waals surface area contributed by atoms with Crippen LogP contribution in [0.1, 0.15) is 52.5 Å². The molecule has 114 valence electrons. The zero-order valence-electron chi connectivity index (χ0n) is 13.1. The Bertz CT molecular complexity index is 390. The Morgan fingerprint density at radius 3 is 2.25 bits per heavy atom. The highest BCUT2D eigenvalue weighted by Gasteiger charge is 2.23. The zero-order valence-corrected chi connectivity index (χ0v) is 13.1. The summed E-state index contributed by atoms with van der Waals surface area (Å²) >= 11 is 0. The summed E-state index contributed by atoms with van der Waals surface area (Å²) in [6, 6.07) is 4.44. The van der Waals surface area contributed by atoms with Crippen molar-refractivity contribution in [2.24, 2.45) is 5.41 Å². The molecule has 1 unspecified atom stereocenters. The van der Waals surface area contributed by atoms with Crippen molar-refractivity contribution in [2.75, 3.05) is 6.54 Å². The van der Waals surface area contributed by atoms with Crippen molar-refractivity contribution >= 4 is 0 Å². The van der Waals surface area contributed by atoms with Gasteiger partial charge in [-0.15, -0.1) is 0 Å². The fraction of sp³-hybridized carbons (Fsp3) is 0.647. The summed E-state index contributed by atoms with van der Waals surface area (Å²) in [6.45, 7) is 9.72. The van der Waals surface area contributed by atoms with Crippen molar-refractivity contribution in [1.29, 1.82) is 0 Å². The van der Waals surface area contributed by atoms with E-state index in [1.165, 1.54) is 18.2 Å². The number of hydrogen-bond donors (Lipinski definition) is 1. The quantitative estimate of drug-likeness (QED) is 0.764. The van der Waals surface area contributed by atoms with Crippen LogP contribution in [0.3, 0.4) is 0 Å². The lowest BCUT2D eigenvalue weighted by Crippen LogP contribution is -2.40. The molecule has 1 rings (SSSR count). The third-order valence-electron chi connectivity index (χ3n) is 3.67. The first-order chi connectivity index (χ1) is 9.36. The molecule has 1 aromatic carbocycles. The Morgan fingerprint density at radius 1 is 1.15 bits per heavy atom. The van der Waals surface area contributed by atoms with Crippen LogP contribution in [0.15, 0.2) is 18.2 Å². The number of nitrogens with one attached hydrogen (secondary N) is 1. The van der Waals surface area contributed by atoms with Crippen LogP contribution >= 0.6 is 0 Å². The summed E-state index contributed by atoms with van der Waals surface area (Å²) in [5.74, 6) is -0.863. The van der Waals surface area contributed by atoms with Crippen molar-refractivity contribution in [3.63, 3.8) is 0 Å². The van der Waals surface area contributed by atoms with Gasteiger partial charge in [-0.05, 0) is 49.8 Å². The van der Waals surface area contributed by atoms with Crippen LogP contribution in [0.4, 0.5) is 8.78 Å². The van der Waals surface area contributed by atoms with Crippen LogP contribution in [0, 0.1) is 17.0 Å². The first kappa shape index (κ1) is 17.1. The van der Waals surface area contributed by atoms with Gasteiger partial charge in [0.15, 0.2) is 0 Å². The molecule has 1 aromatic rings. The van der Waals surface area contributed by atoms with E-state index in [1.54, 1.807) is 0 Å². The molecule has 0 bridgehead atoms. The monoisotopic (exact) mass is 283 g/mol. The molecule has 0 aromatic heterocycles. The molecule has 0 aliphatic carbocycles. The molecule has 0 aliphatic rings. The van der Waals surface area contributed by atoms with E-state index in [0.29, 0.717) is 12.5 Å². The van der Waals surface area contributed by atoms with Crippen molar-refractivity contribution in [3.05, 3.63) is 35.4 Å². The highest BCUT2D eigenvalue weighted by atomic mass is 19.1. The zero-order chi connectivity index (χ0) is 15.2. The van der Waals surface area contributed by atoms with Crippen LogP contribution in [-0.4, -0.2) is 12.6 Å². The van der Waals surface area contributed by atoms with Gasteiger partial charge in [-0.1, -0.05) is 33.8 Å². The highest BCUT2D eigenvalue weighted by molar-refractivity contribution is 5.19.